The summed E-state index contributed by atoms with van der Waals surface area (Å²) in [5.74, 6) is -0.776. The molecule has 0 aromatic heterocycles. The first kappa shape index (κ1) is 29.0. The number of hydrogen-bond donors (Lipinski definition) is 5. The Balaban J connectivity index is 1.81. The Morgan fingerprint density at radius 3 is 2.00 bits per heavy atom. The van der Waals surface area contributed by atoms with Crippen LogP contribution in [0.25, 0.3) is 0 Å². The number of nitrogens with two attached hydrogens (primary N) is 2. The number of ether oxygens (including phenoxy) is 1. The Morgan fingerprint density at radius 2 is 1.38 bits per heavy atom. The van der Waals surface area contributed by atoms with Gasteiger partial charge in [0.05, 0.1) is 11.4 Å². The molecule has 0 saturated heterocycles. The Morgan fingerprint density at radius 1 is 0.744 bits per heavy atom. The Labute approximate surface area is 229 Å². The Kier molecular flexibility index (Phi) is 9.54. The average molecular weight is 532 g/mol. The zero-order valence-corrected chi connectivity index (χ0v) is 22.9. The fraction of sp³-hybridized carbons (Fsp3) is 0.300. The highest BCUT2D eigenvalue weighted by atomic mass is 16.6. The van der Waals surface area contributed by atoms with E-state index in [-0.39, 0.29) is 17.2 Å². The van der Waals surface area contributed by atoms with Crippen LogP contribution in [0.4, 0.5) is 33.2 Å². The standard InChI is InChI=1S/C30H37N5O4/c1-5-6-7-8-19-9-11-20(12-10-19)27(36)34-25-14-13-24(18-26(25)35-29(38)39-30(2,3)4)33-28(37)21-15-22(31)17-23(32)16-21/h9-18H,5-8,31-32H2,1-4H3,(H,33,37)(H,34,36)(H,35,38). The molecule has 206 valence electrons. The van der Waals surface area contributed by atoms with Crippen LogP contribution >= 0.6 is 0 Å². The van der Waals surface area contributed by atoms with Crippen LogP contribution in [0.5, 0.6) is 0 Å². The lowest BCUT2D eigenvalue weighted by Gasteiger charge is -2.21. The number of anilines is 5. The Hall–Kier alpha value is -4.53. The van der Waals surface area contributed by atoms with Gasteiger partial charge in [0.15, 0.2) is 0 Å². The first-order valence-corrected chi connectivity index (χ1v) is 13.0. The summed E-state index contributed by atoms with van der Waals surface area (Å²) in [6, 6.07) is 16.8. The lowest BCUT2D eigenvalue weighted by atomic mass is 10.0. The number of unbranched alkanes of at least 4 members (excludes halogenated alkanes) is 2. The molecule has 3 aromatic rings. The average Bonchev–Trinajstić information content (AvgIpc) is 2.84. The molecule has 0 heterocycles. The van der Waals surface area contributed by atoms with Crippen molar-refractivity contribution >= 4 is 46.3 Å². The van der Waals surface area contributed by atoms with Crippen LogP contribution in [0, 0.1) is 0 Å². The van der Waals surface area contributed by atoms with Crippen molar-refractivity contribution in [3.05, 3.63) is 77.4 Å². The van der Waals surface area contributed by atoms with Crippen molar-refractivity contribution < 1.29 is 19.1 Å². The van der Waals surface area contributed by atoms with Gasteiger partial charge in [0.2, 0.25) is 0 Å². The largest absolute Gasteiger partial charge is 0.444 e. The number of carbonyl (C=O) groups excluding carboxylic acids is 3. The van der Waals surface area contributed by atoms with Gasteiger partial charge in [0.25, 0.3) is 11.8 Å². The van der Waals surface area contributed by atoms with E-state index in [1.54, 1.807) is 51.1 Å². The maximum absolute atomic E-state index is 13.0. The zero-order chi connectivity index (χ0) is 28.6. The van der Waals surface area contributed by atoms with Crippen molar-refractivity contribution in [1.82, 2.24) is 0 Å². The second kappa shape index (κ2) is 12.8. The molecule has 3 rings (SSSR count). The quantitative estimate of drug-likeness (QED) is 0.159. The van der Waals surface area contributed by atoms with E-state index in [1.165, 1.54) is 30.2 Å². The van der Waals surface area contributed by atoms with Crippen LogP contribution in [0.15, 0.2) is 60.7 Å². The summed E-state index contributed by atoms with van der Waals surface area (Å²) in [6.07, 6.45) is 3.68. The van der Waals surface area contributed by atoms with Crippen LogP contribution in [-0.2, 0) is 11.2 Å². The molecule has 0 atom stereocenters. The van der Waals surface area contributed by atoms with Crippen molar-refractivity contribution in [2.24, 2.45) is 0 Å². The minimum absolute atomic E-state index is 0.249. The van der Waals surface area contributed by atoms with E-state index in [1.807, 2.05) is 12.1 Å². The maximum atomic E-state index is 13.0. The van der Waals surface area contributed by atoms with E-state index in [2.05, 4.69) is 22.9 Å². The summed E-state index contributed by atoms with van der Waals surface area (Å²) in [5.41, 5.74) is 14.5. The van der Waals surface area contributed by atoms with Gasteiger partial charge in [-0.1, -0.05) is 31.9 Å². The fourth-order valence-corrected chi connectivity index (χ4v) is 3.86. The molecule has 0 fully saturated rings. The minimum atomic E-state index is -0.731. The van der Waals surface area contributed by atoms with Crippen LogP contribution in [-0.4, -0.2) is 23.5 Å². The fourth-order valence-electron chi connectivity index (χ4n) is 3.86. The van der Waals surface area contributed by atoms with Crippen molar-refractivity contribution in [2.45, 2.75) is 59.0 Å². The molecule has 0 unspecified atom stereocenters. The summed E-state index contributed by atoms with van der Waals surface area (Å²) < 4.78 is 5.38. The highest BCUT2D eigenvalue weighted by Gasteiger charge is 2.19. The van der Waals surface area contributed by atoms with Gasteiger partial charge in [-0.15, -0.1) is 0 Å². The summed E-state index contributed by atoms with van der Waals surface area (Å²) in [6.45, 7) is 7.40. The van der Waals surface area contributed by atoms with Gasteiger partial charge >= 0.3 is 6.09 Å². The van der Waals surface area contributed by atoms with E-state index < -0.39 is 17.6 Å². The molecular weight excluding hydrogens is 494 g/mol. The highest BCUT2D eigenvalue weighted by Crippen LogP contribution is 2.28. The SMILES string of the molecule is CCCCCc1ccc(C(=O)Nc2ccc(NC(=O)c3cc(N)cc(N)c3)cc2NC(=O)OC(C)(C)C)cc1. The predicted octanol–water partition coefficient (Wildman–Crippen LogP) is 6.44. The number of aryl methyl sites for hydroxylation is 1. The van der Waals surface area contributed by atoms with E-state index >= 15 is 0 Å². The summed E-state index contributed by atoms with van der Waals surface area (Å²) in [7, 11) is 0. The third kappa shape index (κ3) is 9.07. The molecule has 9 heteroatoms. The second-order valence-electron chi connectivity index (χ2n) is 10.3. The van der Waals surface area contributed by atoms with Crippen LogP contribution in [0.2, 0.25) is 0 Å². The number of carbonyl (C=O) groups is 3. The minimum Gasteiger partial charge on any atom is -0.444 e. The molecule has 0 aliphatic heterocycles. The van der Waals surface area contributed by atoms with E-state index in [0.29, 0.717) is 28.3 Å². The lowest BCUT2D eigenvalue weighted by Crippen LogP contribution is -2.27. The van der Waals surface area contributed by atoms with Crippen LogP contribution < -0.4 is 27.4 Å². The first-order valence-electron chi connectivity index (χ1n) is 13.0. The molecule has 0 aliphatic rings. The molecule has 0 saturated carbocycles. The predicted molar refractivity (Wildman–Crippen MR) is 157 cm³/mol. The molecule has 0 aliphatic carbocycles. The number of nitrogen functional groups attached to an aromatic ring is 2. The maximum Gasteiger partial charge on any atom is 0.412 e. The first-order chi connectivity index (χ1) is 18.4. The molecule has 39 heavy (non-hydrogen) atoms. The smallest absolute Gasteiger partial charge is 0.412 e. The number of nitrogens with one attached hydrogen (secondary N) is 3. The van der Waals surface area contributed by atoms with Gasteiger partial charge in [-0.2, -0.15) is 0 Å². The summed E-state index contributed by atoms with van der Waals surface area (Å²) in [4.78, 5) is 38.4. The molecule has 3 aromatic carbocycles. The third-order valence-electron chi connectivity index (χ3n) is 5.69. The van der Waals surface area contributed by atoms with Crippen molar-refractivity contribution in [3.8, 4) is 0 Å². The van der Waals surface area contributed by atoms with Crippen molar-refractivity contribution in [3.63, 3.8) is 0 Å². The molecule has 0 radical (unpaired) electrons. The van der Waals surface area contributed by atoms with E-state index in [0.717, 1.165) is 19.3 Å². The monoisotopic (exact) mass is 531 g/mol. The normalized spacial score (nSPS) is 11.0. The zero-order valence-electron chi connectivity index (χ0n) is 22.9. The van der Waals surface area contributed by atoms with Gasteiger partial charge in [0, 0.05) is 28.2 Å². The van der Waals surface area contributed by atoms with Gasteiger partial charge < -0.3 is 26.8 Å². The van der Waals surface area contributed by atoms with Gasteiger partial charge in [0.1, 0.15) is 5.60 Å². The Bertz CT molecular complexity index is 1310. The van der Waals surface area contributed by atoms with Crippen molar-refractivity contribution in [1.29, 1.82) is 0 Å². The highest BCUT2D eigenvalue weighted by molar-refractivity contribution is 6.09. The molecule has 7 N–H and O–H groups in total. The number of hydrogen-bond acceptors (Lipinski definition) is 6. The molecule has 3 amide bonds. The number of rotatable bonds is 9. The number of amides is 3. The molecule has 9 nitrogen and oxygen atoms in total. The van der Waals surface area contributed by atoms with Gasteiger partial charge in [-0.05, 0) is 87.7 Å². The second-order valence-corrected chi connectivity index (χ2v) is 10.3. The third-order valence-corrected chi connectivity index (χ3v) is 5.69. The summed E-state index contributed by atoms with van der Waals surface area (Å²) >= 11 is 0. The molecule has 0 bridgehead atoms. The van der Waals surface area contributed by atoms with E-state index in [9.17, 15) is 14.4 Å². The van der Waals surface area contributed by atoms with Crippen molar-refractivity contribution in [2.75, 3.05) is 27.4 Å². The topological polar surface area (TPSA) is 149 Å². The van der Waals surface area contributed by atoms with Gasteiger partial charge in [-0.25, -0.2) is 4.79 Å². The van der Waals surface area contributed by atoms with Crippen LogP contribution in [0.1, 0.15) is 73.2 Å². The lowest BCUT2D eigenvalue weighted by molar-refractivity contribution is 0.0635. The number of benzene rings is 3. The molecule has 0 spiro atoms. The molecular formula is C30H37N5O4. The van der Waals surface area contributed by atoms with Crippen LogP contribution in [0.3, 0.4) is 0 Å². The van der Waals surface area contributed by atoms with Gasteiger partial charge in [-0.3, -0.25) is 14.9 Å². The van der Waals surface area contributed by atoms with E-state index in [4.69, 9.17) is 16.2 Å². The summed E-state index contributed by atoms with van der Waals surface area (Å²) in [5, 5.41) is 8.26.